The van der Waals surface area contributed by atoms with Crippen LogP contribution in [0.15, 0.2) is 24.3 Å². The van der Waals surface area contributed by atoms with Crippen LogP contribution in [0.4, 0.5) is 0 Å². The Bertz CT molecular complexity index is 435. The zero-order valence-corrected chi connectivity index (χ0v) is 19.6. The number of hydrogen-bond donors (Lipinski definition) is 2. The summed E-state index contributed by atoms with van der Waals surface area (Å²) in [6.07, 6.45) is 26.9. The molecule has 1 rings (SSSR count). The van der Waals surface area contributed by atoms with Gasteiger partial charge in [0.1, 0.15) is 0 Å². The Morgan fingerprint density at radius 3 is 1.83 bits per heavy atom. The molecule has 0 amide bonds. The topological polar surface area (TPSA) is 58.9 Å². The lowest BCUT2D eigenvalue weighted by molar-refractivity contribution is -0.242. The van der Waals surface area contributed by atoms with Gasteiger partial charge in [-0.15, -0.1) is 0 Å². The third-order valence-corrected chi connectivity index (χ3v) is 6.83. The van der Waals surface area contributed by atoms with Crippen LogP contribution in [-0.2, 0) is 9.78 Å². The first kappa shape index (κ1) is 27.4. The number of unbranched alkanes of at least 4 members (excludes halogenated alkanes) is 11. The normalized spacial score (nSPS) is 24.1. The Labute approximate surface area is 185 Å². The Morgan fingerprint density at radius 1 is 0.700 bits per heavy atom. The molecule has 4 unspecified atom stereocenters. The molecule has 0 saturated carbocycles. The molecule has 0 bridgehead atoms. The number of hydrogen-bond acceptors (Lipinski definition) is 4. The predicted octanol–water partition coefficient (Wildman–Crippen LogP) is 8.06. The van der Waals surface area contributed by atoms with E-state index in [-0.39, 0.29) is 0 Å². The third-order valence-electron chi connectivity index (χ3n) is 6.83. The van der Waals surface area contributed by atoms with Gasteiger partial charge in [-0.05, 0) is 55.8 Å². The summed E-state index contributed by atoms with van der Waals surface area (Å²) in [7, 11) is 0. The Hall–Kier alpha value is -0.680. The van der Waals surface area contributed by atoms with Crippen molar-refractivity contribution in [3.8, 4) is 0 Å². The van der Waals surface area contributed by atoms with Crippen molar-refractivity contribution >= 4 is 0 Å². The second-order valence-electron chi connectivity index (χ2n) is 9.26. The molecule has 2 N–H and O–H groups in total. The van der Waals surface area contributed by atoms with Crippen molar-refractivity contribution in [1.29, 1.82) is 0 Å². The summed E-state index contributed by atoms with van der Waals surface area (Å²) in [6, 6.07) is 0. The van der Waals surface area contributed by atoms with Gasteiger partial charge in [0.25, 0.3) is 0 Å². The minimum atomic E-state index is 0.469. The summed E-state index contributed by atoms with van der Waals surface area (Å²) in [6.45, 7) is 5.72. The largest absolute Gasteiger partial charge is 0.252 e. The summed E-state index contributed by atoms with van der Waals surface area (Å²) in [5.74, 6) is 2.78. The van der Waals surface area contributed by atoms with E-state index in [1.165, 1.54) is 64.2 Å². The highest BCUT2D eigenvalue weighted by molar-refractivity contribution is 5.08. The molecule has 4 nitrogen and oxygen atoms in total. The fraction of sp³-hybridized carbons (Fsp3) is 0.846. The number of rotatable bonds is 19. The minimum Gasteiger partial charge on any atom is -0.252 e. The molecule has 0 aromatic carbocycles. The van der Waals surface area contributed by atoms with Crippen LogP contribution in [0.2, 0.25) is 0 Å². The maximum atomic E-state index is 8.35. The number of allylic oxidation sites excluding steroid dienone is 4. The van der Waals surface area contributed by atoms with Gasteiger partial charge >= 0.3 is 0 Å². The molecular weight excluding hydrogens is 376 g/mol. The second-order valence-corrected chi connectivity index (χ2v) is 9.26. The molecule has 4 heteroatoms. The maximum Gasteiger partial charge on any atom is 0.0819 e. The predicted molar refractivity (Wildman–Crippen MR) is 125 cm³/mol. The van der Waals surface area contributed by atoms with Crippen molar-refractivity contribution in [2.45, 2.75) is 104 Å². The van der Waals surface area contributed by atoms with Crippen molar-refractivity contribution in [3.05, 3.63) is 24.3 Å². The second kappa shape index (κ2) is 19.0. The highest BCUT2D eigenvalue weighted by atomic mass is 17.1. The van der Waals surface area contributed by atoms with Gasteiger partial charge in [0.2, 0.25) is 0 Å². The average Bonchev–Trinajstić information content (AvgIpc) is 2.75. The van der Waals surface area contributed by atoms with Crippen molar-refractivity contribution in [1.82, 2.24) is 0 Å². The van der Waals surface area contributed by atoms with Gasteiger partial charge in [-0.2, -0.15) is 0 Å². The molecule has 0 aromatic heterocycles. The van der Waals surface area contributed by atoms with E-state index in [0.717, 1.165) is 31.6 Å². The molecule has 1 aliphatic carbocycles. The van der Waals surface area contributed by atoms with Crippen LogP contribution >= 0.6 is 0 Å². The van der Waals surface area contributed by atoms with E-state index in [4.69, 9.17) is 10.5 Å². The first-order chi connectivity index (χ1) is 14.7. The summed E-state index contributed by atoms with van der Waals surface area (Å²) >= 11 is 0. The van der Waals surface area contributed by atoms with E-state index in [1.54, 1.807) is 0 Å². The van der Waals surface area contributed by atoms with Crippen LogP contribution in [0.3, 0.4) is 0 Å². The van der Waals surface area contributed by atoms with Gasteiger partial charge in [-0.1, -0.05) is 95.9 Å². The van der Waals surface area contributed by atoms with Crippen LogP contribution in [0, 0.1) is 23.7 Å². The van der Waals surface area contributed by atoms with Crippen molar-refractivity contribution in [2.24, 2.45) is 23.7 Å². The summed E-state index contributed by atoms with van der Waals surface area (Å²) in [4.78, 5) is 8.24. The van der Waals surface area contributed by atoms with Crippen LogP contribution in [0.1, 0.15) is 104 Å². The van der Waals surface area contributed by atoms with Gasteiger partial charge in [0, 0.05) is 0 Å². The lowest BCUT2D eigenvalue weighted by atomic mass is 9.70. The van der Waals surface area contributed by atoms with Gasteiger partial charge < -0.3 is 0 Å². The van der Waals surface area contributed by atoms with E-state index in [9.17, 15) is 0 Å². The maximum absolute atomic E-state index is 8.35. The molecule has 176 valence electrons. The smallest absolute Gasteiger partial charge is 0.0819 e. The van der Waals surface area contributed by atoms with E-state index in [0.29, 0.717) is 31.0 Å². The molecule has 0 radical (unpaired) electrons. The molecule has 0 fully saturated rings. The molecule has 4 atom stereocenters. The van der Waals surface area contributed by atoms with E-state index in [1.807, 2.05) is 0 Å². The Kier molecular flexibility index (Phi) is 17.4. The van der Waals surface area contributed by atoms with Crippen LogP contribution in [0.25, 0.3) is 0 Å². The van der Waals surface area contributed by atoms with Crippen LogP contribution in [-0.4, -0.2) is 23.7 Å². The molecule has 0 aliphatic heterocycles. The van der Waals surface area contributed by atoms with Crippen molar-refractivity contribution < 1.29 is 20.3 Å². The van der Waals surface area contributed by atoms with E-state index >= 15 is 0 Å². The average molecular weight is 425 g/mol. The first-order valence-corrected chi connectivity index (χ1v) is 12.6. The Morgan fingerprint density at radius 2 is 1.23 bits per heavy atom. The van der Waals surface area contributed by atoms with Crippen LogP contribution < -0.4 is 0 Å². The quantitative estimate of drug-likeness (QED) is 0.0952. The summed E-state index contributed by atoms with van der Waals surface area (Å²) in [5.41, 5.74) is 0. The highest BCUT2D eigenvalue weighted by Gasteiger charge is 2.28. The first-order valence-electron chi connectivity index (χ1n) is 12.6. The van der Waals surface area contributed by atoms with Gasteiger partial charge in [-0.3, -0.25) is 10.5 Å². The molecule has 30 heavy (non-hydrogen) atoms. The molecule has 0 spiro atoms. The minimum absolute atomic E-state index is 0.469. The van der Waals surface area contributed by atoms with E-state index in [2.05, 4.69) is 47.9 Å². The lowest BCUT2D eigenvalue weighted by Crippen LogP contribution is -2.27. The van der Waals surface area contributed by atoms with Gasteiger partial charge in [0.05, 0.1) is 13.2 Å². The van der Waals surface area contributed by atoms with Crippen molar-refractivity contribution in [2.75, 3.05) is 13.2 Å². The zero-order chi connectivity index (χ0) is 21.9. The van der Waals surface area contributed by atoms with Gasteiger partial charge in [0.15, 0.2) is 0 Å². The van der Waals surface area contributed by atoms with E-state index < -0.39 is 0 Å². The van der Waals surface area contributed by atoms with Crippen LogP contribution in [0.5, 0.6) is 0 Å². The molecule has 0 saturated heterocycles. The Balaban J connectivity index is 2.22. The molecular formula is C26H48O4. The third kappa shape index (κ3) is 12.9. The fourth-order valence-corrected chi connectivity index (χ4v) is 4.61. The summed E-state index contributed by atoms with van der Waals surface area (Å²) < 4.78 is 0. The highest BCUT2D eigenvalue weighted by Crippen LogP contribution is 2.37. The molecule has 0 heterocycles. The SMILES string of the molecule is CC1C=CC(CCCCCCCCOO)C(/C=C/CCCCCCCCOO)C1C. The van der Waals surface area contributed by atoms with Crippen molar-refractivity contribution in [3.63, 3.8) is 0 Å². The molecule has 0 aromatic rings. The molecule has 1 aliphatic rings. The zero-order valence-electron chi connectivity index (χ0n) is 19.6. The lowest BCUT2D eigenvalue weighted by Gasteiger charge is -2.35. The summed E-state index contributed by atoms with van der Waals surface area (Å²) in [5, 5.41) is 16.7. The van der Waals surface area contributed by atoms with Gasteiger partial charge in [-0.25, -0.2) is 9.78 Å². The monoisotopic (exact) mass is 424 g/mol. The standard InChI is InChI=1S/C26H48O4/c1-23-19-20-25(17-13-9-6-8-12-16-22-30-28)26(24(23)2)18-14-10-5-3-4-7-11-15-21-29-27/h14,18-20,23-28H,3-13,15-17,21-22H2,1-2H3/b18-14+. The fourth-order valence-electron chi connectivity index (χ4n) is 4.61.